The first-order valence-electron chi connectivity index (χ1n) is 4.87. The Morgan fingerprint density at radius 1 is 1.36 bits per heavy atom. The maximum atomic E-state index is 6.07. The third-order valence-electron chi connectivity index (χ3n) is 2.57. The van der Waals surface area contributed by atoms with E-state index in [9.17, 15) is 0 Å². The highest BCUT2D eigenvalue weighted by Gasteiger charge is 2.10. The Labute approximate surface area is 83.3 Å². The van der Waals surface area contributed by atoms with E-state index in [-0.39, 0.29) is 6.04 Å². The van der Waals surface area contributed by atoms with Crippen LogP contribution < -0.4 is 5.73 Å². The van der Waals surface area contributed by atoms with Gasteiger partial charge in [0.25, 0.3) is 0 Å². The van der Waals surface area contributed by atoms with Crippen molar-refractivity contribution in [2.45, 2.75) is 19.9 Å². The number of aromatic amines is 1. The molecular formula is C11H15N3. The van der Waals surface area contributed by atoms with Crippen molar-refractivity contribution < 1.29 is 0 Å². The van der Waals surface area contributed by atoms with Gasteiger partial charge in [-0.05, 0) is 23.6 Å². The van der Waals surface area contributed by atoms with Crippen LogP contribution in [0.25, 0.3) is 10.9 Å². The number of nitrogens with one attached hydrogen (secondary N) is 1. The summed E-state index contributed by atoms with van der Waals surface area (Å²) < 4.78 is 0. The fourth-order valence-corrected chi connectivity index (χ4v) is 1.55. The Morgan fingerprint density at radius 3 is 2.86 bits per heavy atom. The van der Waals surface area contributed by atoms with Gasteiger partial charge in [0, 0.05) is 11.4 Å². The summed E-state index contributed by atoms with van der Waals surface area (Å²) in [7, 11) is 0. The lowest BCUT2D eigenvalue weighted by Crippen LogP contribution is -2.16. The molecule has 3 N–H and O–H groups in total. The largest absolute Gasteiger partial charge is 0.324 e. The molecule has 0 spiro atoms. The van der Waals surface area contributed by atoms with Crippen LogP contribution in [0.5, 0.6) is 0 Å². The molecule has 0 amide bonds. The first-order valence-corrected chi connectivity index (χ1v) is 4.87. The molecule has 2 aromatic rings. The number of nitrogens with two attached hydrogens (primary N) is 1. The van der Waals surface area contributed by atoms with Crippen LogP contribution in [0.1, 0.15) is 25.5 Å². The van der Waals surface area contributed by atoms with E-state index in [1.54, 1.807) is 0 Å². The molecule has 0 bridgehead atoms. The second kappa shape index (κ2) is 3.42. The molecule has 0 saturated heterocycles. The third-order valence-corrected chi connectivity index (χ3v) is 2.57. The lowest BCUT2D eigenvalue weighted by molar-refractivity contribution is 0.515. The van der Waals surface area contributed by atoms with Crippen LogP contribution in [0.15, 0.2) is 24.4 Å². The molecule has 3 nitrogen and oxygen atoms in total. The van der Waals surface area contributed by atoms with Gasteiger partial charge in [-0.3, -0.25) is 5.10 Å². The van der Waals surface area contributed by atoms with Crippen LogP contribution in [-0.2, 0) is 0 Å². The van der Waals surface area contributed by atoms with E-state index < -0.39 is 0 Å². The number of hydrogen-bond donors (Lipinski definition) is 2. The highest BCUT2D eigenvalue weighted by Crippen LogP contribution is 2.22. The minimum absolute atomic E-state index is 0.106. The van der Waals surface area contributed by atoms with Crippen molar-refractivity contribution in [1.82, 2.24) is 10.2 Å². The van der Waals surface area contributed by atoms with Crippen molar-refractivity contribution in [1.29, 1.82) is 0 Å². The van der Waals surface area contributed by atoms with Crippen LogP contribution >= 0.6 is 0 Å². The highest BCUT2D eigenvalue weighted by molar-refractivity contribution is 5.78. The van der Waals surface area contributed by atoms with Gasteiger partial charge in [0.1, 0.15) is 0 Å². The Morgan fingerprint density at radius 2 is 2.14 bits per heavy atom. The molecule has 1 aromatic carbocycles. The number of aromatic nitrogens is 2. The third kappa shape index (κ3) is 1.51. The monoisotopic (exact) mass is 189 g/mol. The summed E-state index contributed by atoms with van der Waals surface area (Å²) in [5.41, 5.74) is 8.30. The Balaban J connectivity index is 2.43. The molecule has 0 aliphatic rings. The molecule has 0 aliphatic carbocycles. The van der Waals surface area contributed by atoms with Crippen LogP contribution in [0.2, 0.25) is 0 Å². The SMILES string of the molecule is CC(C)[C@@H](N)c1ccc2[nH]ncc2c1. The Kier molecular flexibility index (Phi) is 2.25. The summed E-state index contributed by atoms with van der Waals surface area (Å²) in [6.45, 7) is 4.26. The van der Waals surface area contributed by atoms with E-state index in [2.05, 4.69) is 36.2 Å². The molecule has 74 valence electrons. The normalized spacial score (nSPS) is 13.7. The molecule has 0 aliphatic heterocycles. The number of hydrogen-bond acceptors (Lipinski definition) is 2. The summed E-state index contributed by atoms with van der Waals surface area (Å²) in [6.07, 6.45) is 1.83. The molecule has 14 heavy (non-hydrogen) atoms. The van der Waals surface area contributed by atoms with Crippen molar-refractivity contribution in [3.63, 3.8) is 0 Å². The topological polar surface area (TPSA) is 54.7 Å². The van der Waals surface area contributed by atoms with Crippen molar-refractivity contribution in [3.8, 4) is 0 Å². The molecule has 0 saturated carbocycles. The van der Waals surface area contributed by atoms with Gasteiger partial charge in [0.2, 0.25) is 0 Å². The average molecular weight is 189 g/mol. The van der Waals surface area contributed by atoms with Crippen LogP contribution in [0, 0.1) is 5.92 Å². The molecule has 3 heteroatoms. The van der Waals surface area contributed by atoms with E-state index >= 15 is 0 Å². The zero-order chi connectivity index (χ0) is 10.1. The first-order chi connectivity index (χ1) is 6.68. The number of nitrogens with zero attached hydrogens (tertiary/aromatic N) is 1. The molecule has 1 heterocycles. The lowest BCUT2D eigenvalue weighted by Gasteiger charge is -2.15. The van der Waals surface area contributed by atoms with Crippen LogP contribution in [0.4, 0.5) is 0 Å². The van der Waals surface area contributed by atoms with Crippen molar-refractivity contribution in [3.05, 3.63) is 30.0 Å². The van der Waals surface area contributed by atoms with Crippen molar-refractivity contribution in [2.24, 2.45) is 11.7 Å². The van der Waals surface area contributed by atoms with E-state index in [4.69, 9.17) is 5.73 Å². The van der Waals surface area contributed by atoms with E-state index in [0.29, 0.717) is 5.92 Å². The summed E-state index contributed by atoms with van der Waals surface area (Å²) in [5.74, 6) is 0.458. The second-order valence-corrected chi connectivity index (χ2v) is 3.99. The summed E-state index contributed by atoms with van der Waals surface area (Å²) >= 11 is 0. The molecule has 1 atom stereocenters. The van der Waals surface area contributed by atoms with E-state index in [0.717, 1.165) is 10.9 Å². The van der Waals surface area contributed by atoms with Gasteiger partial charge in [-0.15, -0.1) is 0 Å². The average Bonchev–Trinajstić information content (AvgIpc) is 2.62. The minimum Gasteiger partial charge on any atom is -0.324 e. The highest BCUT2D eigenvalue weighted by atomic mass is 15.1. The molecule has 0 fully saturated rings. The fourth-order valence-electron chi connectivity index (χ4n) is 1.55. The maximum absolute atomic E-state index is 6.07. The van der Waals surface area contributed by atoms with Crippen LogP contribution in [-0.4, -0.2) is 10.2 Å². The standard InChI is InChI=1S/C11H15N3/c1-7(2)11(12)8-3-4-10-9(5-8)6-13-14-10/h3-7,11H,12H2,1-2H3,(H,13,14)/t11-/m1/s1. The summed E-state index contributed by atoms with van der Waals surface area (Å²) in [6, 6.07) is 6.29. The van der Waals surface area contributed by atoms with Gasteiger partial charge in [-0.1, -0.05) is 19.9 Å². The zero-order valence-electron chi connectivity index (χ0n) is 8.49. The Bertz CT molecular complexity index is 431. The van der Waals surface area contributed by atoms with Gasteiger partial charge < -0.3 is 5.73 Å². The zero-order valence-corrected chi connectivity index (χ0v) is 8.49. The van der Waals surface area contributed by atoms with Gasteiger partial charge in [0.05, 0.1) is 11.7 Å². The fraction of sp³-hybridized carbons (Fsp3) is 0.364. The maximum Gasteiger partial charge on any atom is 0.0650 e. The smallest absolute Gasteiger partial charge is 0.0650 e. The van der Waals surface area contributed by atoms with Crippen LogP contribution in [0.3, 0.4) is 0 Å². The minimum atomic E-state index is 0.106. The summed E-state index contributed by atoms with van der Waals surface area (Å²) in [5, 5.41) is 8.03. The molecule has 0 unspecified atom stereocenters. The van der Waals surface area contributed by atoms with E-state index in [1.165, 1.54) is 5.56 Å². The lowest BCUT2D eigenvalue weighted by atomic mass is 9.96. The van der Waals surface area contributed by atoms with Gasteiger partial charge in [-0.25, -0.2) is 0 Å². The first kappa shape index (κ1) is 9.21. The van der Waals surface area contributed by atoms with Gasteiger partial charge in [0.15, 0.2) is 0 Å². The summed E-state index contributed by atoms with van der Waals surface area (Å²) in [4.78, 5) is 0. The van der Waals surface area contributed by atoms with Crippen molar-refractivity contribution >= 4 is 10.9 Å². The predicted octanol–water partition coefficient (Wildman–Crippen LogP) is 2.22. The van der Waals surface area contributed by atoms with E-state index in [1.807, 2.05) is 12.3 Å². The number of H-pyrrole nitrogens is 1. The second-order valence-electron chi connectivity index (χ2n) is 3.99. The molecule has 0 radical (unpaired) electrons. The molecule has 1 aromatic heterocycles. The van der Waals surface area contributed by atoms with Gasteiger partial charge >= 0.3 is 0 Å². The molecule has 2 rings (SSSR count). The number of fused-ring (bicyclic) bond motifs is 1. The van der Waals surface area contributed by atoms with Gasteiger partial charge in [-0.2, -0.15) is 5.10 Å². The number of rotatable bonds is 2. The van der Waals surface area contributed by atoms with Crippen molar-refractivity contribution in [2.75, 3.05) is 0 Å². The number of benzene rings is 1. The predicted molar refractivity (Wildman–Crippen MR) is 57.9 cm³/mol. The Hall–Kier alpha value is -1.35. The quantitative estimate of drug-likeness (QED) is 0.761. The molecular weight excluding hydrogens is 174 g/mol.